The summed E-state index contributed by atoms with van der Waals surface area (Å²) >= 11 is 4.82. The van der Waals surface area contributed by atoms with Crippen LogP contribution in [0.1, 0.15) is 117 Å². The van der Waals surface area contributed by atoms with Crippen molar-refractivity contribution in [2.24, 2.45) is 0 Å². The van der Waals surface area contributed by atoms with Crippen LogP contribution in [0.5, 0.6) is 0 Å². The standard InChI is InChI=1S/C20H43SSi/c1-4-7-10-13-16-19(17-14-11-8-5-2)20(22-21)18-15-12-9-6-3/h20-21H,4-18,22H2,1-3H3. The summed E-state index contributed by atoms with van der Waals surface area (Å²) in [4.78, 5) is 0. The third-order valence-corrected chi connectivity index (χ3v) is 7.66. The summed E-state index contributed by atoms with van der Waals surface area (Å²) in [5, 5.41) is 0. The van der Waals surface area contributed by atoms with E-state index in [4.69, 9.17) is 12.1 Å². The van der Waals surface area contributed by atoms with Crippen LogP contribution >= 0.6 is 12.1 Å². The average molecular weight is 344 g/mol. The second-order valence-electron chi connectivity index (χ2n) is 7.01. The zero-order valence-electron chi connectivity index (χ0n) is 15.8. The van der Waals surface area contributed by atoms with Crippen molar-refractivity contribution in [1.29, 1.82) is 0 Å². The lowest BCUT2D eigenvalue weighted by molar-refractivity contribution is 0.524. The Morgan fingerprint density at radius 2 is 1.14 bits per heavy atom. The lowest BCUT2D eigenvalue weighted by Crippen LogP contribution is -2.12. The topological polar surface area (TPSA) is 0 Å². The average Bonchev–Trinajstić information content (AvgIpc) is 2.54. The van der Waals surface area contributed by atoms with Crippen molar-refractivity contribution in [3.05, 3.63) is 5.92 Å². The molecular formula is C20H43SSi. The molecule has 0 aromatic rings. The van der Waals surface area contributed by atoms with E-state index in [0.717, 1.165) is 5.54 Å². The fraction of sp³-hybridized carbons (Fsp3) is 0.950. The molecule has 1 unspecified atom stereocenters. The molecule has 2 heteroatoms. The van der Waals surface area contributed by atoms with Gasteiger partial charge in [-0.1, -0.05) is 104 Å². The van der Waals surface area contributed by atoms with Crippen LogP contribution < -0.4 is 0 Å². The van der Waals surface area contributed by atoms with Gasteiger partial charge in [-0.2, -0.15) is 0 Å². The van der Waals surface area contributed by atoms with Crippen molar-refractivity contribution >= 4 is 20.7 Å². The van der Waals surface area contributed by atoms with Gasteiger partial charge in [0.25, 0.3) is 0 Å². The predicted octanol–water partition coefficient (Wildman–Crippen LogP) is 7.27. The molecule has 1 atom stereocenters. The fourth-order valence-electron chi connectivity index (χ4n) is 3.33. The summed E-state index contributed by atoms with van der Waals surface area (Å²) < 4.78 is 0. The molecule has 0 saturated heterocycles. The molecule has 0 amide bonds. The van der Waals surface area contributed by atoms with E-state index >= 15 is 0 Å². The second-order valence-corrected chi connectivity index (χ2v) is 9.45. The van der Waals surface area contributed by atoms with E-state index in [-0.39, 0.29) is 8.67 Å². The molecule has 1 radical (unpaired) electrons. The SMILES string of the molecule is CCCCCC[C](CCCCCC)C(CCCCCC)[SiH2]S. The number of hydrogen-bond donors (Lipinski definition) is 1. The van der Waals surface area contributed by atoms with Gasteiger partial charge in [-0.3, -0.25) is 0 Å². The molecule has 0 bridgehead atoms. The Bertz CT molecular complexity index is 196. The Morgan fingerprint density at radius 1 is 0.682 bits per heavy atom. The van der Waals surface area contributed by atoms with Gasteiger partial charge in [0, 0.05) is 0 Å². The Hall–Kier alpha value is 0.567. The number of hydrogen-bond acceptors (Lipinski definition) is 1. The molecule has 133 valence electrons. The summed E-state index contributed by atoms with van der Waals surface area (Å²) in [5.74, 6) is 1.92. The van der Waals surface area contributed by atoms with Gasteiger partial charge in [0.05, 0.1) is 8.67 Å². The maximum absolute atomic E-state index is 4.82. The number of thiol groups is 1. The van der Waals surface area contributed by atoms with Crippen molar-refractivity contribution in [1.82, 2.24) is 0 Å². The summed E-state index contributed by atoms with van der Waals surface area (Å²) in [6, 6.07) is 0. The first-order valence-corrected chi connectivity index (χ1v) is 13.6. The third kappa shape index (κ3) is 13.0. The van der Waals surface area contributed by atoms with Gasteiger partial charge in [-0.05, 0) is 24.3 Å². The third-order valence-electron chi connectivity index (χ3n) is 4.91. The first kappa shape index (κ1) is 22.6. The van der Waals surface area contributed by atoms with Gasteiger partial charge >= 0.3 is 0 Å². The van der Waals surface area contributed by atoms with E-state index in [0.29, 0.717) is 0 Å². The van der Waals surface area contributed by atoms with Gasteiger partial charge in [-0.25, -0.2) is 12.1 Å². The first-order chi connectivity index (χ1) is 10.8. The first-order valence-electron chi connectivity index (χ1n) is 10.2. The Kier molecular flexibility index (Phi) is 18.4. The molecule has 0 aliphatic carbocycles. The minimum Gasteiger partial charge on any atom is -0.210 e. The van der Waals surface area contributed by atoms with Crippen LogP contribution in [0.25, 0.3) is 0 Å². The van der Waals surface area contributed by atoms with Gasteiger partial charge in [0.2, 0.25) is 0 Å². The molecule has 0 saturated carbocycles. The molecule has 0 aromatic carbocycles. The summed E-state index contributed by atoms with van der Waals surface area (Å²) in [6.07, 6.45) is 21.2. The fourth-order valence-corrected chi connectivity index (χ4v) is 5.79. The molecule has 0 aliphatic rings. The molecule has 0 nitrogen and oxygen atoms in total. The Morgan fingerprint density at radius 3 is 1.55 bits per heavy atom. The van der Waals surface area contributed by atoms with Gasteiger partial charge in [-0.15, -0.1) is 0 Å². The van der Waals surface area contributed by atoms with Crippen LogP contribution in [0.3, 0.4) is 0 Å². The molecule has 0 heterocycles. The molecule has 0 fully saturated rings. The number of unbranched alkanes of at least 4 members (excludes halogenated alkanes) is 9. The molecule has 0 aromatic heterocycles. The van der Waals surface area contributed by atoms with Crippen molar-refractivity contribution in [3.8, 4) is 0 Å². The maximum Gasteiger partial charge on any atom is 0.0849 e. The largest absolute Gasteiger partial charge is 0.210 e. The van der Waals surface area contributed by atoms with Crippen LogP contribution in [-0.4, -0.2) is 8.67 Å². The van der Waals surface area contributed by atoms with Crippen LogP contribution in [-0.2, 0) is 0 Å². The number of rotatable bonds is 17. The Balaban J connectivity index is 4.16. The van der Waals surface area contributed by atoms with Gasteiger partial charge in [0.1, 0.15) is 0 Å². The van der Waals surface area contributed by atoms with Crippen LogP contribution in [0, 0.1) is 5.92 Å². The van der Waals surface area contributed by atoms with E-state index < -0.39 is 0 Å². The van der Waals surface area contributed by atoms with Crippen LogP contribution in [0.4, 0.5) is 0 Å². The minimum atomic E-state index is -0.175. The molecule has 0 aliphatic heterocycles. The second kappa shape index (κ2) is 17.9. The summed E-state index contributed by atoms with van der Waals surface area (Å²) in [7, 11) is -0.175. The van der Waals surface area contributed by atoms with Crippen molar-refractivity contribution in [2.45, 2.75) is 123 Å². The smallest absolute Gasteiger partial charge is 0.0849 e. The zero-order valence-corrected chi connectivity index (χ0v) is 18.1. The lowest BCUT2D eigenvalue weighted by Gasteiger charge is -2.25. The lowest BCUT2D eigenvalue weighted by atomic mass is 9.89. The highest BCUT2D eigenvalue weighted by Gasteiger charge is 2.20. The zero-order chi connectivity index (χ0) is 16.5. The highest BCUT2D eigenvalue weighted by molar-refractivity contribution is 8.07. The predicted molar refractivity (Wildman–Crippen MR) is 111 cm³/mol. The molecule has 22 heavy (non-hydrogen) atoms. The van der Waals surface area contributed by atoms with Gasteiger partial charge < -0.3 is 0 Å². The van der Waals surface area contributed by atoms with E-state index in [2.05, 4.69) is 20.8 Å². The Labute approximate surface area is 149 Å². The molecule has 0 N–H and O–H groups in total. The quantitative estimate of drug-likeness (QED) is 0.160. The monoisotopic (exact) mass is 343 g/mol. The van der Waals surface area contributed by atoms with Crippen molar-refractivity contribution < 1.29 is 0 Å². The van der Waals surface area contributed by atoms with E-state index in [1.54, 1.807) is 0 Å². The molecule has 0 rings (SSSR count). The molecule has 0 spiro atoms. The van der Waals surface area contributed by atoms with Crippen molar-refractivity contribution in [2.75, 3.05) is 0 Å². The van der Waals surface area contributed by atoms with Crippen LogP contribution in [0.15, 0.2) is 0 Å². The normalized spacial score (nSPS) is 13.5. The maximum atomic E-state index is 4.82. The van der Waals surface area contributed by atoms with E-state index in [1.807, 2.05) is 5.92 Å². The minimum absolute atomic E-state index is 0.175. The molecular weight excluding hydrogens is 300 g/mol. The van der Waals surface area contributed by atoms with Crippen LogP contribution in [0.2, 0.25) is 5.54 Å². The van der Waals surface area contributed by atoms with E-state index in [1.165, 1.54) is 96.3 Å². The summed E-state index contributed by atoms with van der Waals surface area (Å²) in [6.45, 7) is 6.93. The highest BCUT2D eigenvalue weighted by atomic mass is 32.3. The van der Waals surface area contributed by atoms with Crippen molar-refractivity contribution in [3.63, 3.8) is 0 Å². The summed E-state index contributed by atoms with van der Waals surface area (Å²) in [5.41, 5.74) is 0.934. The van der Waals surface area contributed by atoms with Gasteiger partial charge in [0.15, 0.2) is 0 Å². The highest BCUT2D eigenvalue weighted by Crippen LogP contribution is 2.35. The van der Waals surface area contributed by atoms with E-state index in [9.17, 15) is 0 Å².